The van der Waals surface area contributed by atoms with Gasteiger partial charge in [0.1, 0.15) is 5.65 Å². The van der Waals surface area contributed by atoms with Crippen molar-refractivity contribution in [1.82, 2.24) is 19.9 Å². The first-order valence-electron chi connectivity index (χ1n) is 9.78. The van der Waals surface area contributed by atoms with Crippen LogP contribution in [0.5, 0.6) is 0 Å². The van der Waals surface area contributed by atoms with Crippen molar-refractivity contribution < 1.29 is 14.3 Å². The quantitative estimate of drug-likeness (QED) is 0.717. The second kappa shape index (κ2) is 6.65. The fourth-order valence-electron chi connectivity index (χ4n) is 5.29. The molecule has 3 aromatic heterocycles. The Kier molecular flexibility index (Phi) is 4.10. The molecule has 2 atom stereocenters. The van der Waals surface area contributed by atoms with E-state index in [1.807, 2.05) is 12.1 Å². The summed E-state index contributed by atoms with van der Waals surface area (Å²) in [4.78, 5) is 27.9. The van der Waals surface area contributed by atoms with Crippen LogP contribution in [-0.2, 0) is 11.2 Å². The number of nitrogens with zero attached hydrogens (tertiary/aromatic N) is 3. The van der Waals surface area contributed by atoms with Crippen LogP contribution in [0.15, 0.2) is 30.7 Å². The van der Waals surface area contributed by atoms with E-state index >= 15 is 0 Å². The Balaban J connectivity index is 1.50. The molecule has 3 saturated carbocycles. The molecular weight excluding hydrogens is 359 g/mol. The summed E-state index contributed by atoms with van der Waals surface area (Å²) in [5.74, 6) is -0.708. The lowest BCUT2D eigenvalue weighted by molar-refractivity contribution is -0.152. The van der Waals surface area contributed by atoms with Crippen LogP contribution in [0.1, 0.15) is 31.4 Å². The van der Waals surface area contributed by atoms with E-state index in [0.717, 1.165) is 42.3 Å². The summed E-state index contributed by atoms with van der Waals surface area (Å²) in [6.07, 6.45) is 9.03. The maximum absolute atomic E-state index is 14.6. The van der Waals surface area contributed by atoms with Crippen molar-refractivity contribution >= 4 is 17.0 Å². The number of nitrogens with one attached hydrogen (secondary N) is 1. The number of fused-ring (bicyclic) bond motifs is 4. The van der Waals surface area contributed by atoms with Gasteiger partial charge in [-0.25, -0.2) is 19.3 Å². The first-order valence-corrected chi connectivity index (χ1v) is 9.78. The first-order chi connectivity index (χ1) is 13.6. The zero-order valence-corrected chi connectivity index (χ0v) is 15.3. The van der Waals surface area contributed by atoms with Gasteiger partial charge in [-0.1, -0.05) is 0 Å². The molecule has 0 aliphatic heterocycles. The third-order valence-corrected chi connectivity index (χ3v) is 6.61. The second-order valence-electron chi connectivity index (χ2n) is 8.00. The maximum Gasteiger partial charge on any atom is 0.307 e. The van der Waals surface area contributed by atoms with Crippen molar-refractivity contribution in [3.63, 3.8) is 0 Å². The van der Waals surface area contributed by atoms with Gasteiger partial charge < -0.3 is 10.1 Å². The van der Waals surface area contributed by atoms with Gasteiger partial charge in [0, 0.05) is 23.3 Å². The molecule has 2 bridgehead atoms. The Labute approximate surface area is 161 Å². The predicted molar refractivity (Wildman–Crippen MR) is 101 cm³/mol. The topological polar surface area (TPSA) is 91.8 Å². The van der Waals surface area contributed by atoms with Crippen LogP contribution in [0.4, 0.5) is 4.39 Å². The Bertz CT molecular complexity index is 1040. The minimum atomic E-state index is -0.753. The van der Waals surface area contributed by atoms with Gasteiger partial charge in [-0.15, -0.1) is 0 Å². The third-order valence-electron chi connectivity index (χ3n) is 6.61. The van der Waals surface area contributed by atoms with Crippen LogP contribution in [0.25, 0.3) is 22.4 Å². The van der Waals surface area contributed by atoms with Gasteiger partial charge in [0.25, 0.3) is 0 Å². The van der Waals surface area contributed by atoms with E-state index in [2.05, 4.69) is 19.9 Å². The van der Waals surface area contributed by atoms with Crippen LogP contribution in [0.3, 0.4) is 0 Å². The Morgan fingerprint density at radius 2 is 2.00 bits per heavy atom. The van der Waals surface area contributed by atoms with Crippen LogP contribution >= 0.6 is 0 Å². The summed E-state index contributed by atoms with van der Waals surface area (Å²) in [6, 6.07) is 3.75. The molecule has 3 aromatic rings. The zero-order chi connectivity index (χ0) is 19.3. The third kappa shape index (κ3) is 2.77. The van der Waals surface area contributed by atoms with Crippen molar-refractivity contribution in [2.45, 2.75) is 32.1 Å². The zero-order valence-electron chi connectivity index (χ0n) is 15.3. The van der Waals surface area contributed by atoms with Gasteiger partial charge in [-0.05, 0) is 62.0 Å². The predicted octanol–water partition coefficient (Wildman–Crippen LogP) is 3.84. The summed E-state index contributed by atoms with van der Waals surface area (Å²) < 4.78 is 14.6. The minimum absolute atomic E-state index is 0.0631. The Hall–Kier alpha value is -2.83. The number of pyridine rings is 1. The molecule has 6 rings (SSSR count). The fraction of sp³-hybridized carbons (Fsp3) is 0.429. The molecule has 0 aromatic carbocycles. The molecule has 0 unspecified atom stereocenters. The van der Waals surface area contributed by atoms with Crippen molar-refractivity contribution in [3.05, 3.63) is 42.2 Å². The van der Waals surface area contributed by atoms with Crippen LogP contribution < -0.4 is 0 Å². The molecule has 0 amide bonds. The largest absolute Gasteiger partial charge is 0.481 e. The number of carboxylic acids is 1. The van der Waals surface area contributed by atoms with Gasteiger partial charge in [0.05, 0.1) is 17.8 Å². The highest BCUT2D eigenvalue weighted by Gasteiger charge is 2.47. The number of aromatic amines is 1. The van der Waals surface area contributed by atoms with Crippen molar-refractivity contribution in [2.24, 2.45) is 23.7 Å². The second-order valence-corrected chi connectivity index (χ2v) is 8.00. The van der Waals surface area contributed by atoms with E-state index in [1.54, 1.807) is 12.4 Å². The van der Waals surface area contributed by atoms with E-state index < -0.39 is 17.7 Å². The summed E-state index contributed by atoms with van der Waals surface area (Å²) in [6.45, 7) is 0. The molecule has 7 heteroatoms. The standard InChI is InChI=1S/C21H21FN4O2/c22-16-10-25-20(15-9-24-19-13(15)2-1-7-23-19)26-17(16)8-14-11-3-5-12(6-4-11)18(14)21(27)28/h1-2,7,9-12,14,18H,3-6,8H2,(H,23,24)(H,27,28)/t11?,12?,14-,18-/m0/s1. The summed E-state index contributed by atoms with van der Waals surface area (Å²) in [7, 11) is 0. The van der Waals surface area contributed by atoms with E-state index in [0.29, 0.717) is 23.9 Å². The normalized spacial score (nSPS) is 26.6. The van der Waals surface area contributed by atoms with E-state index in [-0.39, 0.29) is 11.8 Å². The molecule has 144 valence electrons. The van der Waals surface area contributed by atoms with Gasteiger partial charge >= 0.3 is 5.97 Å². The van der Waals surface area contributed by atoms with Gasteiger partial charge in [0.2, 0.25) is 0 Å². The van der Waals surface area contributed by atoms with Crippen molar-refractivity contribution in [3.8, 4) is 11.4 Å². The molecule has 3 fully saturated rings. The van der Waals surface area contributed by atoms with Crippen LogP contribution in [0, 0.1) is 29.5 Å². The number of carbonyl (C=O) groups is 1. The summed E-state index contributed by atoms with van der Waals surface area (Å²) >= 11 is 0. The smallest absolute Gasteiger partial charge is 0.307 e. The number of H-pyrrole nitrogens is 1. The number of aromatic nitrogens is 4. The maximum atomic E-state index is 14.6. The highest BCUT2D eigenvalue weighted by atomic mass is 19.1. The number of halogens is 1. The highest BCUT2D eigenvalue weighted by molar-refractivity contribution is 5.91. The Morgan fingerprint density at radius 1 is 1.21 bits per heavy atom. The SMILES string of the molecule is O=C(O)[C@H]1C2CCC(CC2)[C@@H]1Cc1nc(-c2c[nH]c3ncccc23)ncc1F. The number of carboxylic acid groups (broad SMARTS) is 1. The molecule has 3 heterocycles. The van der Waals surface area contributed by atoms with Gasteiger partial charge in [-0.2, -0.15) is 0 Å². The van der Waals surface area contributed by atoms with Crippen molar-refractivity contribution in [2.75, 3.05) is 0 Å². The van der Waals surface area contributed by atoms with Crippen LogP contribution in [0.2, 0.25) is 0 Å². The summed E-state index contributed by atoms with van der Waals surface area (Å²) in [5, 5.41) is 10.6. The van der Waals surface area contributed by atoms with E-state index in [1.165, 1.54) is 6.20 Å². The lowest BCUT2D eigenvalue weighted by Crippen LogP contribution is -2.45. The van der Waals surface area contributed by atoms with Gasteiger partial charge in [0.15, 0.2) is 11.6 Å². The Morgan fingerprint density at radius 3 is 2.79 bits per heavy atom. The number of hydrogen-bond acceptors (Lipinski definition) is 4. The average molecular weight is 380 g/mol. The summed E-state index contributed by atoms with van der Waals surface area (Å²) in [5.41, 5.74) is 1.80. The van der Waals surface area contributed by atoms with Crippen LogP contribution in [-0.4, -0.2) is 31.0 Å². The molecule has 0 saturated heterocycles. The molecule has 0 spiro atoms. The van der Waals surface area contributed by atoms with Gasteiger partial charge in [-0.3, -0.25) is 4.79 Å². The molecule has 6 nitrogen and oxygen atoms in total. The lowest BCUT2D eigenvalue weighted by Gasteiger charge is -2.46. The minimum Gasteiger partial charge on any atom is -0.481 e. The molecule has 28 heavy (non-hydrogen) atoms. The molecule has 2 N–H and O–H groups in total. The molecular formula is C21H21FN4O2. The first kappa shape index (κ1) is 17.3. The van der Waals surface area contributed by atoms with E-state index in [9.17, 15) is 14.3 Å². The number of aliphatic carboxylic acids is 1. The lowest BCUT2D eigenvalue weighted by atomic mass is 9.57. The monoisotopic (exact) mass is 380 g/mol. The average Bonchev–Trinajstić information content (AvgIpc) is 3.14. The van der Waals surface area contributed by atoms with E-state index in [4.69, 9.17) is 0 Å². The molecule has 3 aliphatic rings. The number of rotatable bonds is 4. The van der Waals surface area contributed by atoms with Crippen molar-refractivity contribution in [1.29, 1.82) is 0 Å². The highest BCUT2D eigenvalue weighted by Crippen LogP contribution is 2.50. The molecule has 0 radical (unpaired) electrons. The number of hydrogen-bond donors (Lipinski definition) is 2. The fourth-order valence-corrected chi connectivity index (χ4v) is 5.29. The molecule has 3 aliphatic carbocycles.